The fraction of sp³-hybridized carbons (Fsp3) is 0.353. The van der Waals surface area contributed by atoms with Gasteiger partial charge < -0.3 is 15.8 Å². The highest BCUT2D eigenvalue weighted by Crippen LogP contribution is 2.12. The van der Waals surface area contributed by atoms with Crippen LogP contribution in [0.5, 0.6) is 0 Å². The summed E-state index contributed by atoms with van der Waals surface area (Å²) in [6.45, 7) is 5.89. The molecule has 0 spiro atoms. The van der Waals surface area contributed by atoms with E-state index in [2.05, 4.69) is 46.3 Å². The zero-order chi connectivity index (χ0) is 17.1. The lowest BCUT2D eigenvalue weighted by atomic mass is 10.1. The van der Waals surface area contributed by atoms with E-state index in [-0.39, 0.29) is 17.3 Å². The summed E-state index contributed by atoms with van der Waals surface area (Å²) >= 11 is 0. The van der Waals surface area contributed by atoms with E-state index in [1.807, 2.05) is 6.07 Å². The molecule has 0 aliphatic carbocycles. The number of hydrogen-bond donors (Lipinski definition) is 3. The van der Waals surface area contributed by atoms with Crippen molar-refractivity contribution >= 4 is 17.9 Å². The van der Waals surface area contributed by atoms with Gasteiger partial charge in [-0.05, 0) is 30.5 Å². The minimum absolute atomic E-state index is 0.0655. The van der Waals surface area contributed by atoms with Crippen LogP contribution in [-0.2, 0) is 11.3 Å². The van der Waals surface area contributed by atoms with Crippen LogP contribution < -0.4 is 16.6 Å². The van der Waals surface area contributed by atoms with Crippen molar-refractivity contribution in [2.24, 2.45) is 4.99 Å². The van der Waals surface area contributed by atoms with Crippen molar-refractivity contribution in [3.05, 3.63) is 50.9 Å². The number of nitrogen functional groups attached to an aromatic ring is 1. The fourth-order valence-corrected chi connectivity index (χ4v) is 2.27. The number of benzene rings is 1. The maximum absolute atomic E-state index is 12.0. The van der Waals surface area contributed by atoms with Crippen LogP contribution in [0, 0.1) is 13.8 Å². The van der Waals surface area contributed by atoms with Gasteiger partial charge in [0.1, 0.15) is 11.4 Å². The normalized spacial score (nSPS) is 14.8. The summed E-state index contributed by atoms with van der Waals surface area (Å²) in [6, 6.07) is 6.35. The van der Waals surface area contributed by atoms with Crippen LogP contribution in [0.3, 0.4) is 0 Å². The number of aromatic nitrogens is 2. The second-order valence-corrected chi connectivity index (χ2v) is 5.96. The van der Waals surface area contributed by atoms with E-state index in [1.54, 1.807) is 6.21 Å². The molecule has 1 aromatic carbocycles. The van der Waals surface area contributed by atoms with Gasteiger partial charge in [-0.1, -0.05) is 18.2 Å². The number of aryl methyl sites for hydroxylation is 2. The number of rotatable bonds is 5. The molecule has 24 heavy (non-hydrogen) atoms. The van der Waals surface area contributed by atoms with Gasteiger partial charge in [-0.3, -0.25) is 14.8 Å². The second kappa shape index (κ2) is 6.84. The van der Waals surface area contributed by atoms with Crippen LogP contribution in [0.15, 0.2) is 28.0 Å². The first kappa shape index (κ1) is 16.2. The molecule has 4 N–H and O–H groups in total. The number of aromatic amines is 1. The Kier molecular flexibility index (Phi) is 4.61. The molecule has 1 fully saturated rings. The lowest BCUT2D eigenvalue weighted by molar-refractivity contribution is 0.0135. The largest absolute Gasteiger partial charge is 0.392 e. The smallest absolute Gasteiger partial charge is 0.276 e. The number of nitrogens with two attached hydrogens (primary N) is 1. The molecule has 7 nitrogen and oxygen atoms in total. The van der Waals surface area contributed by atoms with Gasteiger partial charge in [-0.2, -0.15) is 0 Å². The first-order chi connectivity index (χ1) is 11.5. The van der Waals surface area contributed by atoms with Gasteiger partial charge in [0.25, 0.3) is 5.56 Å². The molecule has 0 bridgehead atoms. The van der Waals surface area contributed by atoms with Crippen LogP contribution in [0.4, 0.5) is 11.6 Å². The van der Waals surface area contributed by atoms with Crippen molar-refractivity contribution in [3.63, 3.8) is 0 Å². The van der Waals surface area contributed by atoms with E-state index in [0.29, 0.717) is 31.4 Å². The zero-order valence-corrected chi connectivity index (χ0v) is 13.8. The summed E-state index contributed by atoms with van der Waals surface area (Å²) in [5.74, 6) is 0.374. The molecule has 1 saturated heterocycles. The molecule has 2 aromatic rings. The number of aliphatic imine (C=N–C) groups is 1. The summed E-state index contributed by atoms with van der Waals surface area (Å²) in [5, 5.41) is 3.12. The van der Waals surface area contributed by atoms with Gasteiger partial charge in [-0.15, -0.1) is 0 Å². The van der Waals surface area contributed by atoms with Crippen LogP contribution in [-0.4, -0.2) is 35.4 Å². The third-order valence-electron chi connectivity index (χ3n) is 4.04. The molecule has 2 heterocycles. The van der Waals surface area contributed by atoms with Gasteiger partial charge in [0, 0.05) is 12.8 Å². The molecular formula is C17H21N5O2. The maximum atomic E-state index is 12.0. The summed E-state index contributed by atoms with van der Waals surface area (Å²) in [7, 11) is 0. The molecule has 0 saturated carbocycles. The fourth-order valence-electron chi connectivity index (χ4n) is 2.27. The van der Waals surface area contributed by atoms with Gasteiger partial charge in [-0.25, -0.2) is 4.98 Å². The Morgan fingerprint density at radius 2 is 2.21 bits per heavy atom. The Morgan fingerprint density at radius 1 is 1.42 bits per heavy atom. The quantitative estimate of drug-likeness (QED) is 0.720. The summed E-state index contributed by atoms with van der Waals surface area (Å²) in [5.41, 5.74) is 9.43. The summed E-state index contributed by atoms with van der Waals surface area (Å²) in [4.78, 5) is 23.2. The minimum atomic E-state index is -0.376. The first-order valence-electron chi connectivity index (χ1n) is 7.83. The highest BCUT2D eigenvalue weighted by atomic mass is 16.5. The van der Waals surface area contributed by atoms with E-state index < -0.39 is 0 Å². The third-order valence-corrected chi connectivity index (χ3v) is 4.04. The first-order valence-corrected chi connectivity index (χ1v) is 7.83. The van der Waals surface area contributed by atoms with Crippen molar-refractivity contribution in [3.8, 4) is 0 Å². The maximum Gasteiger partial charge on any atom is 0.276 e. The highest BCUT2D eigenvalue weighted by Gasteiger charge is 2.16. The van der Waals surface area contributed by atoms with E-state index in [1.165, 1.54) is 11.1 Å². The topological polar surface area (TPSA) is 105 Å². The SMILES string of the molecule is Cc1ccc(CNc2nc(C=NC3COC3)c(N)c(=O)[nH]2)cc1C. The Bertz CT molecular complexity index is 824. The van der Waals surface area contributed by atoms with Crippen molar-refractivity contribution in [2.45, 2.75) is 26.4 Å². The average molecular weight is 327 g/mol. The van der Waals surface area contributed by atoms with E-state index in [4.69, 9.17) is 10.5 Å². The third kappa shape index (κ3) is 3.62. The summed E-state index contributed by atoms with van der Waals surface area (Å²) in [6.07, 6.45) is 1.54. The van der Waals surface area contributed by atoms with E-state index >= 15 is 0 Å². The molecule has 0 unspecified atom stereocenters. The lowest BCUT2D eigenvalue weighted by Gasteiger charge is -2.21. The van der Waals surface area contributed by atoms with E-state index in [0.717, 1.165) is 5.56 Å². The predicted molar refractivity (Wildman–Crippen MR) is 94.7 cm³/mol. The van der Waals surface area contributed by atoms with Gasteiger partial charge in [0.15, 0.2) is 0 Å². The molecule has 1 aliphatic rings. The van der Waals surface area contributed by atoms with Crippen molar-refractivity contribution < 1.29 is 4.74 Å². The molecule has 0 radical (unpaired) electrons. The van der Waals surface area contributed by atoms with E-state index in [9.17, 15) is 4.79 Å². The molecule has 1 aromatic heterocycles. The zero-order valence-electron chi connectivity index (χ0n) is 13.8. The Balaban J connectivity index is 1.75. The minimum Gasteiger partial charge on any atom is -0.392 e. The van der Waals surface area contributed by atoms with Crippen molar-refractivity contribution in [1.82, 2.24) is 9.97 Å². The Morgan fingerprint density at radius 3 is 2.88 bits per heavy atom. The van der Waals surface area contributed by atoms with Crippen molar-refractivity contribution in [2.75, 3.05) is 24.3 Å². The molecule has 7 heteroatoms. The molecule has 3 rings (SSSR count). The van der Waals surface area contributed by atoms with Crippen LogP contribution in [0.1, 0.15) is 22.4 Å². The standard InChI is InChI=1S/C17H21N5O2/c1-10-3-4-12(5-11(10)2)6-20-17-21-14(15(18)16(23)22-17)7-19-13-8-24-9-13/h3-5,7,13H,6,8-9,18H2,1-2H3,(H2,20,21,22,23). The molecule has 0 amide bonds. The van der Waals surface area contributed by atoms with Gasteiger partial charge in [0.2, 0.25) is 5.95 Å². The average Bonchev–Trinajstić information content (AvgIpc) is 2.51. The highest BCUT2D eigenvalue weighted by molar-refractivity contribution is 5.84. The van der Waals surface area contributed by atoms with Gasteiger partial charge in [0.05, 0.1) is 19.3 Å². The number of ether oxygens (including phenoxy) is 1. The molecule has 1 aliphatic heterocycles. The van der Waals surface area contributed by atoms with Crippen LogP contribution in [0.2, 0.25) is 0 Å². The second-order valence-electron chi connectivity index (χ2n) is 5.96. The molecular weight excluding hydrogens is 306 g/mol. The van der Waals surface area contributed by atoms with Crippen LogP contribution >= 0.6 is 0 Å². The molecule has 126 valence electrons. The monoisotopic (exact) mass is 327 g/mol. The van der Waals surface area contributed by atoms with Crippen molar-refractivity contribution in [1.29, 1.82) is 0 Å². The summed E-state index contributed by atoms with van der Waals surface area (Å²) < 4.78 is 5.06. The number of hydrogen-bond acceptors (Lipinski definition) is 6. The lowest BCUT2D eigenvalue weighted by Crippen LogP contribution is -2.31. The number of nitrogens with one attached hydrogen (secondary N) is 2. The Hall–Kier alpha value is -2.67. The number of H-pyrrole nitrogens is 1. The predicted octanol–water partition coefficient (Wildman–Crippen LogP) is 1.40. The van der Waals surface area contributed by atoms with Crippen LogP contribution in [0.25, 0.3) is 0 Å². The number of anilines is 2. The van der Waals surface area contributed by atoms with Gasteiger partial charge >= 0.3 is 0 Å². The molecule has 0 atom stereocenters. The number of nitrogens with zero attached hydrogens (tertiary/aromatic N) is 2. The Labute approximate surface area is 140 Å².